The Morgan fingerprint density at radius 2 is 2.05 bits per heavy atom. The van der Waals surface area contributed by atoms with E-state index in [4.69, 9.17) is 0 Å². The van der Waals surface area contributed by atoms with Crippen LogP contribution in [0.1, 0.15) is 6.92 Å². The fourth-order valence-electron chi connectivity index (χ4n) is 2.12. The molecule has 1 aromatic rings. The number of nitrogens with zero attached hydrogens (tertiary/aromatic N) is 5. The van der Waals surface area contributed by atoms with Crippen LogP contribution in [0.3, 0.4) is 0 Å². The SMILES string of the molecule is CC(CNC(=O)N1CCN(c2cnccn2)CC1)N(C)C. The fourth-order valence-corrected chi connectivity index (χ4v) is 2.12. The highest BCUT2D eigenvalue weighted by Crippen LogP contribution is 2.11. The van der Waals surface area contributed by atoms with Crippen LogP contribution in [0.5, 0.6) is 0 Å². The number of hydrogen-bond donors (Lipinski definition) is 1. The molecule has 2 heterocycles. The maximum atomic E-state index is 12.1. The number of carbonyl (C=O) groups is 1. The summed E-state index contributed by atoms with van der Waals surface area (Å²) < 4.78 is 0. The molecule has 116 valence electrons. The van der Waals surface area contributed by atoms with Gasteiger partial charge >= 0.3 is 6.03 Å². The number of urea groups is 1. The third-order valence-electron chi connectivity index (χ3n) is 3.87. The molecule has 7 heteroatoms. The van der Waals surface area contributed by atoms with Gasteiger partial charge in [-0.2, -0.15) is 0 Å². The van der Waals surface area contributed by atoms with Crippen molar-refractivity contribution in [1.29, 1.82) is 0 Å². The molecule has 1 saturated heterocycles. The summed E-state index contributed by atoms with van der Waals surface area (Å²) in [6.45, 7) is 5.74. The van der Waals surface area contributed by atoms with E-state index < -0.39 is 0 Å². The number of likely N-dealkylation sites (N-methyl/N-ethyl adjacent to an activating group) is 1. The van der Waals surface area contributed by atoms with Crippen LogP contribution in [0.25, 0.3) is 0 Å². The highest BCUT2D eigenvalue weighted by molar-refractivity contribution is 5.74. The Balaban J connectivity index is 1.77. The second-order valence-electron chi connectivity index (χ2n) is 5.54. The largest absolute Gasteiger partial charge is 0.352 e. The van der Waals surface area contributed by atoms with Crippen molar-refractivity contribution in [3.8, 4) is 0 Å². The lowest BCUT2D eigenvalue weighted by molar-refractivity contribution is 0.190. The lowest BCUT2D eigenvalue weighted by Crippen LogP contribution is -2.53. The first-order valence-electron chi connectivity index (χ1n) is 7.28. The molecule has 0 bridgehead atoms. The van der Waals surface area contributed by atoms with E-state index in [1.807, 2.05) is 19.0 Å². The van der Waals surface area contributed by atoms with Crippen LogP contribution in [0, 0.1) is 0 Å². The van der Waals surface area contributed by atoms with Crippen LogP contribution in [0.4, 0.5) is 10.6 Å². The monoisotopic (exact) mass is 292 g/mol. The van der Waals surface area contributed by atoms with Gasteiger partial charge in [-0.3, -0.25) is 4.98 Å². The van der Waals surface area contributed by atoms with E-state index in [2.05, 4.69) is 32.0 Å². The average Bonchev–Trinajstić information content (AvgIpc) is 2.53. The minimum atomic E-state index is 0.0162. The predicted molar refractivity (Wildman–Crippen MR) is 82.4 cm³/mol. The third kappa shape index (κ3) is 4.29. The zero-order chi connectivity index (χ0) is 15.2. The van der Waals surface area contributed by atoms with Crippen molar-refractivity contribution in [3.63, 3.8) is 0 Å². The highest BCUT2D eigenvalue weighted by Gasteiger charge is 2.22. The molecule has 0 spiro atoms. The number of piperazine rings is 1. The van der Waals surface area contributed by atoms with Gasteiger partial charge in [0.25, 0.3) is 0 Å². The first-order valence-corrected chi connectivity index (χ1v) is 7.28. The van der Waals surface area contributed by atoms with Crippen molar-refractivity contribution in [2.24, 2.45) is 0 Å². The van der Waals surface area contributed by atoms with Crippen molar-refractivity contribution in [1.82, 2.24) is 25.1 Å². The number of nitrogens with one attached hydrogen (secondary N) is 1. The third-order valence-corrected chi connectivity index (χ3v) is 3.87. The summed E-state index contributed by atoms with van der Waals surface area (Å²) in [7, 11) is 4.02. The minimum absolute atomic E-state index is 0.0162. The van der Waals surface area contributed by atoms with Gasteiger partial charge < -0.3 is 20.0 Å². The molecule has 2 rings (SSSR count). The van der Waals surface area contributed by atoms with Gasteiger partial charge in [0.15, 0.2) is 0 Å². The Hall–Kier alpha value is -1.89. The van der Waals surface area contributed by atoms with Crippen LogP contribution in [-0.4, -0.2) is 78.7 Å². The molecule has 7 nitrogen and oxygen atoms in total. The summed E-state index contributed by atoms with van der Waals surface area (Å²) in [5, 5.41) is 2.99. The smallest absolute Gasteiger partial charge is 0.317 e. The summed E-state index contributed by atoms with van der Waals surface area (Å²) in [6, 6.07) is 0.345. The molecule has 21 heavy (non-hydrogen) atoms. The zero-order valence-electron chi connectivity index (χ0n) is 13.0. The van der Waals surface area contributed by atoms with Gasteiger partial charge in [-0.15, -0.1) is 0 Å². The lowest BCUT2D eigenvalue weighted by atomic mass is 10.3. The normalized spacial score (nSPS) is 17.0. The van der Waals surface area contributed by atoms with Crippen molar-refractivity contribution in [2.75, 3.05) is 51.7 Å². The number of carbonyl (C=O) groups excluding carboxylic acids is 1. The Labute approximate surface area is 126 Å². The van der Waals surface area contributed by atoms with Gasteiger partial charge in [0.1, 0.15) is 5.82 Å². The minimum Gasteiger partial charge on any atom is -0.352 e. The Kier molecular flexibility index (Phi) is 5.32. The Morgan fingerprint density at radius 3 is 2.62 bits per heavy atom. The predicted octanol–water partition coefficient (Wildman–Crippen LogP) is 0.258. The Bertz CT molecular complexity index is 444. The van der Waals surface area contributed by atoms with Crippen LogP contribution in [0.15, 0.2) is 18.6 Å². The van der Waals surface area contributed by atoms with Crippen LogP contribution in [-0.2, 0) is 0 Å². The van der Waals surface area contributed by atoms with Crippen LogP contribution in [0.2, 0.25) is 0 Å². The molecule has 0 radical (unpaired) electrons. The molecule has 0 saturated carbocycles. The first-order chi connectivity index (χ1) is 10.1. The van der Waals surface area contributed by atoms with Crippen LogP contribution < -0.4 is 10.2 Å². The van der Waals surface area contributed by atoms with Gasteiger partial charge in [0, 0.05) is 51.2 Å². The Morgan fingerprint density at radius 1 is 1.33 bits per heavy atom. The van der Waals surface area contributed by atoms with E-state index >= 15 is 0 Å². The maximum Gasteiger partial charge on any atom is 0.317 e. The summed E-state index contributed by atoms with van der Waals surface area (Å²) in [5.41, 5.74) is 0. The van der Waals surface area contributed by atoms with E-state index in [-0.39, 0.29) is 6.03 Å². The molecule has 1 aliphatic rings. The molecular weight excluding hydrogens is 268 g/mol. The molecule has 1 fully saturated rings. The van der Waals surface area contributed by atoms with Gasteiger partial charge in [0.05, 0.1) is 6.20 Å². The molecule has 1 unspecified atom stereocenters. The molecule has 1 N–H and O–H groups in total. The molecule has 1 atom stereocenters. The number of amides is 2. The second kappa shape index (κ2) is 7.21. The standard InChI is InChI=1S/C14H24N6O/c1-12(18(2)3)10-17-14(21)20-8-6-19(7-9-20)13-11-15-4-5-16-13/h4-5,11-12H,6-10H2,1-3H3,(H,17,21). The number of rotatable bonds is 4. The topological polar surface area (TPSA) is 64.6 Å². The maximum absolute atomic E-state index is 12.1. The van der Waals surface area contributed by atoms with Crippen molar-refractivity contribution >= 4 is 11.8 Å². The number of aromatic nitrogens is 2. The van der Waals surface area contributed by atoms with Crippen molar-refractivity contribution in [2.45, 2.75) is 13.0 Å². The fraction of sp³-hybridized carbons (Fsp3) is 0.643. The number of hydrogen-bond acceptors (Lipinski definition) is 5. The zero-order valence-corrected chi connectivity index (χ0v) is 13.0. The van der Waals surface area contributed by atoms with Gasteiger partial charge in [-0.1, -0.05) is 0 Å². The molecule has 1 aromatic heterocycles. The first kappa shape index (κ1) is 15.5. The number of anilines is 1. The summed E-state index contributed by atoms with van der Waals surface area (Å²) >= 11 is 0. The summed E-state index contributed by atoms with van der Waals surface area (Å²) in [5.74, 6) is 0.874. The average molecular weight is 292 g/mol. The summed E-state index contributed by atoms with van der Waals surface area (Å²) in [4.78, 5) is 26.6. The molecule has 0 aliphatic carbocycles. The van der Waals surface area contributed by atoms with Gasteiger partial charge in [-0.05, 0) is 21.0 Å². The van der Waals surface area contributed by atoms with E-state index in [1.54, 1.807) is 18.6 Å². The lowest BCUT2D eigenvalue weighted by Gasteiger charge is -2.35. The van der Waals surface area contributed by atoms with E-state index in [1.165, 1.54) is 0 Å². The van der Waals surface area contributed by atoms with Crippen molar-refractivity contribution in [3.05, 3.63) is 18.6 Å². The van der Waals surface area contributed by atoms with E-state index in [0.29, 0.717) is 25.7 Å². The second-order valence-corrected chi connectivity index (χ2v) is 5.54. The van der Waals surface area contributed by atoms with Gasteiger partial charge in [0.2, 0.25) is 0 Å². The summed E-state index contributed by atoms with van der Waals surface area (Å²) in [6.07, 6.45) is 5.12. The van der Waals surface area contributed by atoms with E-state index in [0.717, 1.165) is 18.9 Å². The van der Waals surface area contributed by atoms with Gasteiger partial charge in [-0.25, -0.2) is 9.78 Å². The van der Waals surface area contributed by atoms with Crippen LogP contribution >= 0.6 is 0 Å². The highest BCUT2D eigenvalue weighted by atomic mass is 16.2. The molecule has 2 amide bonds. The quantitative estimate of drug-likeness (QED) is 0.862. The molecular formula is C14H24N6O. The molecule has 1 aliphatic heterocycles. The van der Waals surface area contributed by atoms with Crippen molar-refractivity contribution < 1.29 is 4.79 Å². The molecule has 0 aromatic carbocycles. The van der Waals surface area contributed by atoms with E-state index in [9.17, 15) is 4.79 Å².